The number of ether oxygens (including phenoxy) is 1. The highest BCUT2D eigenvalue weighted by Gasteiger charge is 2.41. The monoisotopic (exact) mass is 494 g/mol. The summed E-state index contributed by atoms with van der Waals surface area (Å²) in [6.45, 7) is 2.04. The molecule has 2 heterocycles. The summed E-state index contributed by atoms with van der Waals surface area (Å²) in [6, 6.07) is 12.8. The largest absolute Gasteiger partial charge is 0.489 e. The van der Waals surface area contributed by atoms with E-state index in [0.717, 1.165) is 6.42 Å². The number of benzene rings is 2. The molecule has 0 radical (unpaired) electrons. The molecule has 0 aromatic heterocycles. The first-order valence-corrected chi connectivity index (χ1v) is 12.2. The van der Waals surface area contributed by atoms with E-state index >= 15 is 0 Å². The first-order valence-electron chi connectivity index (χ1n) is 12.2. The number of piperidine rings is 1. The summed E-state index contributed by atoms with van der Waals surface area (Å²) >= 11 is 0. The van der Waals surface area contributed by atoms with E-state index in [1.54, 1.807) is 24.3 Å². The molecule has 2 aliphatic heterocycles. The van der Waals surface area contributed by atoms with Crippen molar-refractivity contribution < 1.29 is 23.5 Å². The highest BCUT2D eigenvalue weighted by molar-refractivity contribution is 5.97. The Morgan fingerprint density at radius 3 is 2.78 bits per heavy atom. The Balaban J connectivity index is 1.44. The molecular formula is C27H31FN4O4. The lowest BCUT2D eigenvalue weighted by Gasteiger charge is -2.41. The number of rotatable bonds is 3. The van der Waals surface area contributed by atoms with E-state index in [-0.39, 0.29) is 37.4 Å². The van der Waals surface area contributed by atoms with Crippen LogP contribution in [0.15, 0.2) is 60.7 Å². The number of fused-ring (bicyclic) bond motifs is 1. The molecule has 2 aliphatic rings. The molecule has 8 nitrogen and oxygen atoms in total. The second-order valence-corrected chi connectivity index (χ2v) is 9.15. The minimum atomic E-state index is -0.708. The summed E-state index contributed by atoms with van der Waals surface area (Å²) in [5, 5.41) is 8.52. The smallest absolute Gasteiger partial charge is 0.255 e. The van der Waals surface area contributed by atoms with Gasteiger partial charge in [-0.3, -0.25) is 19.3 Å². The van der Waals surface area contributed by atoms with Crippen molar-refractivity contribution in [3.05, 3.63) is 72.1 Å². The molecule has 1 unspecified atom stereocenters. The fourth-order valence-corrected chi connectivity index (χ4v) is 4.71. The molecule has 1 fully saturated rings. The van der Waals surface area contributed by atoms with Crippen LogP contribution in [0.25, 0.3) is 0 Å². The van der Waals surface area contributed by atoms with Crippen molar-refractivity contribution in [2.75, 3.05) is 44.6 Å². The van der Waals surface area contributed by atoms with Gasteiger partial charge in [-0.2, -0.15) is 0 Å². The summed E-state index contributed by atoms with van der Waals surface area (Å²) in [6.07, 6.45) is 5.73. The van der Waals surface area contributed by atoms with Crippen molar-refractivity contribution in [3.8, 4) is 5.75 Å². The number of allylic oxidation sites excluding steroid dienone is 1. The van der Waals surface area contributed by atoms with E-state index in [0.29, 0.717) is 49.5 Å². The van der Waals surface area contributed by atoms with Crippen molar-refractivity contribution in [2.24, 2.45) is 5.41 Å². The lowest BCUT2D eigenvalue weighted by Crippen LogP contribution is -2.53. The van der Waals surface area contributed by atoms with Gasteiger partial charge in [0.05, 0.1) is 17.5 Å². The molecule has 1 saturated heterocycles. The van der Waals surface area contributed by atoms with Crippen LogP contribution in [-0.4, -0.2) is 62.0 Å². The van der Waals surface area contributed by atoms with Crippen LogP contribution in [0.3, 0.4) is 0 Å². The average Bonchev–Trinajstić information content (AvgIpc) is 2.86. The molecule has 3 amide bonds. The van der Waals surface area contributed by atoms with Gasteiger partial charge in [-0.25, -0.2) is 4.39 Å². The Labute approximate surface area is 209 Å². The van der Waals surface area contributed by atoms with Gasteiger partial charge in [-0.05, 0) is 56.1 Å². The molecule has 3 N–H and O–H groups in total. The second kappa shape index (κ2) is 11.8. The Kier molecular flexibility index (Phi) is 8.32. The maximum absolute atomic E-state index is 13.4. The van der Waals surface area contributed by atoms with Crippen molar-refractivity contribution in [2.45, 2.75) is 19.3 Å². The maximum atomic E-state index is 13.4. The van der Waals surface area contributed by atoms with Gasteiger partial charge in [0.1, 0.15) is 18.2 Å². The van der Waals surface area contributed by atoms with Crippen molar-refractivity contribution in [3.63, 3.8) is 0 Å². The van der Waals surface area contributed by atoms with Crippen LogP contribution in [-0.2, 0) is 9.59 Å². The van der Waals surface area contributed by atoms with Crippen LogP contribution < -0.4 is 20.7 Å². The van der Waals surface area contributed by atoms with Gasteiger partial charge in [-0.1, -0.05) is 30.4 Å². The number of nitrogens with zero attached hydrogens (tertiary/aromatic N) is 1. The Hall–Kier alpha value is -3.72. The second-order valence-electron chi connectivity index (χ2n) is 9.15. The highest BCUT2D eigenvalue weighted by atomic mass is 19.1. The van der Waals surface area contributed by atoms with Crippen LogP contribution in [0.2, 0.25) is 0 Å². The molecule has 9 heteroatoms. The highest BCUT2D eigenvalue weighted by Crippen LogP contribution is 2.34. The van der Waals surface area contributed by atoms with E-state index in [9.17, 15) is 18.8 Å². The summed E-state index contributed by atoms with van der Waals surface area (Å²) in [7, 11) is 0. The number of carbonyl (C=O) groups excluding carboxylic acids is 3. The number of likely N-dealkylation sites (tertiary alicyclic amines) is 1. The third-order valence-electron chi connectivity index (χ3n) is 6.45. The zero-order chi connectivity index (χ0) is 25.4. The lowest BCUT2D eigenvalue weighted by atomic mass is 9.76. The normalized spacial score (nSPS) is 22.4. The number of amides is 3. The molecule has 1 spiro atoms. The Bertz CT molecular complexity index is 1140. The summed E-state index contributed by atoms with van der Waals surface area (Å²) in [4.78, 5) is 40.5. The fraction of sp³-hybridized carbons (Fsp3) is 0.370. The number of para-hydroxylation sites is 1. The van der Waals surface area contributed by atoms with Gasteiger partial charge >= 0.3 is 0 Å². The molecule has 0 bridgehead atoms. The van der Waals surface area contributed by atoms with Crippen LogP contribution in [0.5, 0.6) is 5.75 Å². The molecule has 4 rings (SSSR count). The quantitative estimate of drug-likeness (QED) is 0.570. The lowest BCUT2D eigenvalue weighted by molar-refractivity contribution is -0.135. The average molecular weight is 495 g/mol. The maximum Gasteiger partial charge on any atom is 0.255 e. The van der Waals surface area contributed by atoms with Gasteiger partial charge in [0.25, 0.3) is 5.91 Å². The van der Waals surface area contributed by atoms with Crippen molar-refractivity contribution in [1.29, 1.82) is 0 Å². The molecule has 36 heavy (non-hydrogen) atoms. The number of halogens is 1. The molecule has 0 aliphatic carbocycles. The molecular weight excluding hydrogens is 463 g/mol. The SMILES string of the molecule is O=C(CN1CCCC2(C/C=C\COc3ccccc3C(=O)NCCNC2=O)C1)Nc1cccc(F)c1. The van der Waals surface area contributed by atoms with Crippen LogP contribution in [0, 0.1) is 11.2 Å². The third-order valence-corrected chi connectivity index (χ3v) is 6.45. The van der Waals surface area contributed by atoms with E-state index in [2.05, 4.69) is 16.0 Å². The van der Waals surface area contributed by atoms with E-state index in [4.69, 9.17) is 4.74 Å². The molecule has 0 saturated carbocycles. The van der Waals surface area contributed by atoms with Crippen LogP contribution in [0.1, 0.15) is 29.6 Å². The topological polar surface area (TPSA) is 99.8 Å². The van der Waals surface area contributed by atoms with Crippen LogP contribution in [0.4, 0.5) is 10.1 Å². The zero-order valence-corrected chi connectivity index (χ0v) is 20.1. The minimum Gasteiger partial charge on any atom is -0.489 e. The summed E-state index contributed by atoms with van der Waals surface area (Å²) in [5.74, 6) is -0.539. The van der Waals surface area contributed by atoms with Crippen molar-refractivity contribution in [1.82, 2.24) is 15.5 Å². The standard InChI is InChI=1S/C27H31FN4O4/c28-20-7-5-8-21(17-20)31-24(33)18-32-15-6-12-27(19-32)11-3-4-16-36-23-10-2-1-9-22(23)25(34)29-13-14-30-26(27)35/h1-5,7-10,17H,6,11-16,18-19H2,(H,29,34)(H,30,35)(H,31,33)/b4-3-. The third kappa shape index (κ3) is 6.48. The predicted molar refractivity (Wildman–Crippen MR) is 134 cm³/mol. The van der Waals surface area contributed by atoms with Crippen molar-refractivity contribution >= 4 is 23.4 Å². The summed E-state index contributed by atoms with van der Waals surface area (Å²) < 4.78 is 19.2. The number of hydrogen-bond donors (Lipinski definition) is 3. The summed E-state index contributed by atoms with van der Waals surface area (Å²) in [5.41, 5.74) is 0.138. The zero-order valence-electron chi connectivity index (χ0n) is 20.1. The van der Waals surface area contributed by atoms with E-state index in [1.165, 1.54) is 18.2 Å². The molecule has 2 aromatic rings. The number of nitrogens with one attached hydrogen (secondary N) is 3. The molecule has 2 aromatic carbocycles. The van der Waals surface area contributed by atoms with Gasteiger partial charge in [-0.15, -0.1) is 0 Å². The van der Waals surface area contributed by atoms with Gasteiger partial charge in [0.2, 0.25) is 11.8 Å². The minimum absolute atomic E-state index is 0.102. The van der Waals surface area contributed by atoms with Crippen LogP contribution >= 0.6 is 0 Å². The first kappa shape index (κ1) is 25.4. The first-order chi connectivity index (χ1) is 17.4. The van der Waals surface area contributed by atoms with E-state index < -0.39 is 11.2 Å². The predicted octanol–water partition coefficient (Wildman–Crippen LogP) is 2.73. The van der Waals surface area contributed by atoms with Gasteiger partial charge in [0, 0.05) is 25.3 Å². The molecule has 1 atom stereocenters. The molecule has 190 valence electrons. The van der Waals surface area contributed by atoms with Gasteiger partial charge < -0.3 is 20.7 Å². The van der Waals surface area contributed by atoms with E-state index in [1.807, 2.05) is 23.1 Å². The number of hydrogen-bond acceptors (Lipinski definition) is 5. The van der Waals surface area contributed by atoms with Gasteiger partial charge in [0.15, 0.2) is 0 Å². The Morgan fingerprint density at radius 1 is 1.08 bits per heavy atom. The number of carbonyl (C=O) groups is 3. The Morgan fingerprint density at radius 2 is 1.92 bits per heavy atom. The number of anilines is 1. The fourth-order valence-electron chi connectivity index (χ4n) is 4.71.